The van der Waals surface area contributed by atoms with Crippen molar-refractivity contribution < 1.29 is 14.3 Å². The lowest BCUT2D eigenvalue weighted by Gasteiger charge is -2.37. The van der Waals surface area contributed by atoms with Crippen LogP contribution in [-0.4, -0.2) is 23.0 Å². The first kappa shape index (κ1) is 17.9. The van der Waals surface area contributed by atoms with E-state index in [1.807, 2.05) is 54.6 Å². The Morgan fingerprint density at radius 3 is 2.10 bits per heavy atom. The van der Waals surface area contributed by atoms with E-state index in [9.17, 15) is 9.59 Å². The Kier molecular flexibility index (Phi) is 4.51. The Hall–Kier alpha value is -3.21. The Morgan fingerprint density at radius 1 is 0.897 bits per heavy atom. The minimum Gasteiger partial charge on any atom is -0.489 e. The lowest BCUT2D eigenvalue weighted by atomic mass is 9.63. The summed E-state index contributed by atoms with van der Waals surface area (Å²) in [7, 11) is 0. The van der Waals surface area contributed by atoms with Crippen LogP contribution in [0.15, 0.2) is 71.9 Å². The van der Waals surface area contributed by atoms with Crippen molar-refractivity contribution in [1.82, 2.24) is 5.01 Å². The number of hydrazone groups is 1. The van der Waals surface area contributed by atoms with Crippen LogP contribution in [0.25, 0.3) is 0 Å². The van der Waals surface area contributed by atoms with E-state index in [-0.39, 0.29) is 35.5 Å². The van der Waals surface area contributed by atoms with Crippen LogP contribution in [0, 0.1) is 23.7 Å². The smallest absolute Gasteiger partial charge is 0.254 e. The van der Waals surface area contributed by atoms with E-state index in [0.29, 0.717) is 6.61 Å². The summed E-state index contributed by atoms with van der Waals surface area (Å²) in [6.45, 7) is 0.504. The lowest BCUT2D eigenvalue weighted by Crippen LogP contribution is -2.38. The van der Waals surface area contributed by atoms with Crippen molar-refractivity contribution in [3.8, 4) is 5.75 Å². The zero-order valence-corrected chi connectivity index (χ0v) is 16.0. The van der Waals surface area contributed by atoms with Crippen LogP contribution >= 0.6 is 0 Å². The highest BCUT2D eigenvalue weighted by Crippen LogP contribution is 2.49. The van der Waals surface area contributed by atoms with Gasteiger partial charge in [-0.1, -0.05) is 42.5 Å². The zero-order valence-electron chi connectivity index (χ0n) is 16.0. The largest absolute Gasteiger partial charge is 0.489 e. The van der Waals surface area contributed by atoms with Crippen LogP contribution < -0.4 is 4.74 Å². The second-order valence-electron chi connectivity index (χ2n) is 7.92. The van der Waals surface area contributed by atoms with Crippen molar-refractivity contribution in [1.29, 1.82) is 0 Å². The first-order chi connectivity index (χ1) is 14.2. The first-order valence-corrected chi connectivity index (χ1v) is 10.1. The summed E-state index contributed by atoms with van der Waals surface area (Å²) in [5.74, 6) is 0.365. The second kappa shape index (κ2) is 7.32. The molecule has 0 radical (unpaired) electrons. The van der Waals surface area contributed by atoms with Crippen molar-refractivity contribution in [3.05, 3.63) is 77.9 Å². The van der Waals surface area contributed by atoms with E-state index < -0.39 is 0 Å². The number of amides is 2. The summed E-state index contributed by atoms with van der Waals surface area (Å²) < 4.78 is 5.78. The monoisotopic (exact) mass is 386 g/mol. The van der Waals surface area contributed by atoms with Gasteiger partial charge in [0.05, 0.1) is 18.1 Å². The van der Waals surface area contributed by atoms with Gasteiger partial charge in [0.15, 0.2) is 0 Å². The van der Waals surface area contributed by atoms with Gasteiger partial charge in [0.25, 0.3) is 11.8 Å². The fraction of sp³-hybridized carbons (Fsp3) is 0.292. The molecule has 5 nitrogen and oxygen atoms in total. The van der Waals surface area contributed by atoms with Crippen molar-refractivity contribution in [3.63, 3.8) is 0 Å². The van der Waals surface area contributed by atoms with Crippen molar-refractivity contribution in [2.45, 2.75) is 19.4 Å². The summed E-state index contributed by atoms with van der Waals surface area (Å²) in [5, 5.41) is 5.33. The standard InChI is InChI=1S/C24H22N2O3/c27-23-21-18-8-9-19(11-10-18)22(21)24(28)26(23)25-14-16-6-12-20(13-7-16)29-15-17-4-2-1-3-5-17/h1-9,12-14,18-19,21-22H,10-11,15H2/b25-14-/t18-,19-,21+,22+/m0/s1. The van der Waals surface area contributed by atoms with Gasteiger partial charge in [-0.15, -0.1) is 0 Å². The minimum atomic E-state index is -0.225. The molecule has 3 aliphatic carbocycles. The molecule has 0 spiro atoms. The third-order valence-corrected chi connectivity index (χ3v) is 6.19. The number of allylic oxidation sites excluding steroid dienone is 2. The molecule has 2 bridgehead atoms. The summed E-state index contributed by atoms with van der Waals surface area (Å²) >= 11 is 0. The maximum atomic E-state index is 12.8. The molecule has 2 aromatic rings. The zero-order chi connectivity index (χ0) is 19.8. The van der Waals surface area contributed by atoms with Gasteiger partial charge in [0.1, 0.15) is 12.4 Å². The molecule has 2 aromatic carbocycles. The van der Waals surface area contributed by atoms with E-state index in [0.717, 1.165) is 34.7 Å². The highest BCUT2D eigenvalue weighted by Gasteiger charge is 2.56. The van der Waals surface area contributed by atoms with E-state index in [2.05, 4.69) is 17.3 Å². The third-order valence-electron chi connectivity index (χ3n) is 6.19. The van der Waals surface area contributed by atoms with E-state index in [4.69, 9.17) is 4.74 Å². The minimum absolute atomic E-state index is 0.155. The molecule has 1 saturated heterocycles. The molecule has 4 atom stereocenters. The van der Waals surface area contributed by atoms with Crippen LogP contribution in [0.3, 0.4) is 0 Å². The molecule has 4 aliphatic rings. The predicted octanol–water partition coefficient (Wildman–Crippen LogP) is 3.80. The van der Waals surface area contributed by atoms with Gasteiger partial charge in [-0.3, -0.25) is 9.59 Å². The molecule has 0 unspecified atom stereocenters. The van der Waals surface area contributed by atoms with Gasteiger partial charge in [-0.05, 0) is 60.1 Å². The molecular weight excluding hydrogens is 364 g/mol. The lowest BCUT2D eigenvalue weighted by molar-refractivity contribution is -0.140. The summed E-state index contributed by atoms with van der Waals surface area (Å²) in [4.78, 5) is 25.5. The molecule has 2 amide bonds. The van der Waals surface area contributed by atoms with Crippen LogP contribution in [0.4, 0.5) is 0 Å². The number of imide groups is 1. The molecule has 146 valence electrons. The maximum absolute atomic E-state index is 12.8. The Labute approximate surface area is 169 Å². The molecule has 0 N–H and O–H groups in total. The van der Waals surface area contributed by atoms with Crippen LogP contribution in [0.5, 0.6) is 5.75 Å². The SMILES string of the molecule is O=C1[C@H]2[C@H](C(=O)N1/N=C\c1ccc(OCc3ccccc3)cc1)[C@H]1C=C[C@H]2CC1. The maximum Gasteiger partial charge on any atom is 0.254 e. The number of hydrogen-bond donors (Lipinski definition) is 0. The van der Waals surface area contributed by atoms with Gasteiger partial charge in [-0.2, -0.15) is 10.1 Å². The number of ether oxygens (including phenoxy) is 1. The topological polar surface area (TPSA) is 59.0 Å². The van der Waals surface area contributed by atoms with E-state index in [1.165, 1.54) is 0 Å². The predicted molar refractivity (Wildman–Crippen MR) is 109 cm³/mol. The normalized spacial score (nSPS) is 27.7. The molecule has 29 heavy (non-hydrogen) atoms. The number of hydrogen-bond acceptors (Lipinski definition) is 4. The fourth-order valence-corrected chi connectivity index (χ4v) is 4.69. The van der Waals surface area contributed by atoms with E-state index >= 15 is 0 Å². The van der Waals surface area contributed by atoms with Crippen molar-refractivity contribution in [2.24, 2.45) is 28.8 Å². The number of benzene rings is 2. The number of fused-ring (bicyclic) bond motifs is 1. The Bertz CT molecular complexity index is 949. The number of carbonyl (C=O) groups excluding carboxylic acids is 2. The van der Waals surface area contributed by atoms with Crippen LogP contribution in [-0.2, 0) is 16.2 Å². The van der Waals surface area contributed by atoms with Gasteiger partial charge in [0.2, 0.25) is 0 Å². The van der Waals surface area contributed by atoms with Gasteiger partial charge in [0, 0.05) is 0 Å². The molecule has 1 aliphatic heterocycles. The van der Waals surface area contributed by atoms with Gasteiger partial charge >= 0.3 is 0 Å². The first-order valence-electron chi connectivity index (χ1n) is 10.1. The number of carbonyl (C=O) groups is 2. The Morgan fingerprint density at radius 2 is 1.52 bits per heavy atom. The summed E-state index contributed by atoms with van der Waals surface area (Å²) in [5.41, 5.74) is 1.92. The van der Waals surface area contributed by atoms with Crippen molar-refractivity contribution >= 4 is 18.0 Å². The molecule has 1 saturated carbocycles. The van der Waals surface area contributed by atoms with Crippen LogP contribution in [0.1, 0.15) is 24.0 Å². The highest BCUT2D eigenvalue weighted by atomic mass is 16.5. The van der Waals surface area contributed by atoms with Gasteiger partial charge in [-0.25, -0.2) is 0 Å². The second-order valence-corrected chi connectivity index (χ2v) is 7.92. The van der Waals surface area contributed by atoms with Gasteiger partial charge < -0.3 is 4.74 Å². The molecule has 0 aromatic heterocycles. The molecule has 6 rings (SSSR count). The fourth-order valence-electron chi connectivity index (χ4n) is 4.69. The van der Waals surface area contributed by atoms with Crippen LogP contribution in [0.2, 0.25) is 0 Å². The van der Waals surface area contributed by atoms with E-state index in [1.54, 1.807) is 6.21 Å². The average molecular weight is 386 g/mol. The third kappa shape index (κ3) is 3.27. The molecule has 5 heteroatoms. The molecular formula is C24H22N2O3. The summed E-state index contributed by atoms with van der Waals surface area (Å²) in [6, 6.07) is 17.4. The summed E-state index contributed by atoms with van der Waals surface area (Å²) in [6.07, 6.45) is 7.78. The number of rotatable bonds is 5. The molecule has 2 fully saturated rings. The Balaban J connectivity index is 1.25. The molecule has 1 heterocycles. The highest BCUT2D eigenvalue weighted by molar-refractivity contribution is 6.06. The average Bonchev–Trinajstić information content (AvgIpc) is 3.05. The number of nitrogens with zero attached hydrogens (tertiary/aromatic N) is 2. The quantitative estimate of drug-likeness (QED) is 0.446. The van der Waals surface area contributed by atoms with Crippen molar-refractivity contribution in [2.75, 3.05) is 0 Å².